The zero-order valence-electron chi connectivity index (χ0n) is 10.1. The fraction of sp³-hybridized carbons (Fsp3) is 0.0714. The van der Waals surface area contributed by atoms with Crippen molar-refractivity contribution in [1.82, 2.24) is 0 Å². The number of nitriles is 1. The van der Waals surface area contributed by atoms with Crippen molar-refractivity contribution in [3.8, 4) is 6.07 Å². The summed E-state index contributed by atoms with van der Waals surface area (Å²) in [6, 6.07) is 9.38. The highest BCUT2D eigenvalue weighted by atomic mass is 35.5. The number of benzene rings is 2. The van der Waals surface area contributed by atoms with Gasteiger partial charge in [-0.25, -0.2) is 4.39 Å². The van der Waals surface area contributed by atoms with Crippen molar-refractivity contribution < 1.29 is 4.39 Å². The van der Waals surface area contributed by atoms with E-state index in [0.29, 0.717) is 26.3 Å². The van der Waals surface area contributed by atoms with Gasteiger partial charge >= 0.3 is 0 Å². The first-order valence-electron chi connectivity index (χ1n) is 5.59. The third-order valence-corrected chi connectivity index (χ3v) is 3.92. The number of rotatable bonds is 3. The molecule has 0 aliphatic rings. The Balaban J connectivity index is 2.29. The molecule has 0 heterocycles. The van der Waals surface area contributed by atoms with Crippen LogP contribution in [0.3, 0.4) is 0 Å². The Morgan fingerprint density at radius 2 is 1.80 bits per heavy atom. The third-order valence-electron chi connectivity index (χ3n) is 2.72. The van der Waals surface area contributed by atoms with E-state index < -0.39 is 5.82 Å². The van der Waals surface area contributed by atoms with Gasteiger partial charge in [0.05, 0.1) is 15.7 Å². The van der Waals surface area contributed by atoms with Gasteiger partial charge in [-0.3, -0.25) is 0 Å². The average Bonchev–Trinajstić information content (AvgIpc) is 2.43. The van der Waals surface area contributed by atoms with Crippen LogP contribution < -0.4 is 5.32 Å². The molecule has 20 heavy (non-hydrogen) atoms. The number of halogens is 4. The van der Waals surface area contributed by atoms with Gasteiger partial charge < -0.3 is 5.32 Å². The summed E-state index contributed by atoms with van der Waals surface area (Å²) >= 11 is 18.0. The van der Waals surface area contributed by atoms with Crippen molar-refractivity contribution in [3.63, 3.8) is 0 Å². The van der Waals surface area contributed by atoms with Crippen molar-refractivity contribution in [3.05, 3.63) is 62.3 Å². The molecule has 0 fully saturated rings. The second-order valence-electron chi connectivity index (χ2n) is 3.95. The lowest BCUT2D eigenvalue weighted by molar-refractivity contribution is 0.624. The molecule has 2 aromatic carbocycles. The summed E-state index contributed by atoms with van der Waals surface area (Å²) in [6.45, 7) is 0.232. The van der Waals surface area contributed by atoms with E-state index in [1.165, 1.54) is 12.1 Å². The lowest BCUT2D eigenvalue weighted by Gasteiger charge is -2.12. The molecule has 6 heteroatoms. The molecular formula is C14H8Cl3FN2. The van der Waals surface area contributed by atoms with Gasteiger partial charge in [0.1, 0.15) is 17.4 Å². The minimum atomic E-state index is -0.583. The van der Waals surface area contributed by atoms with Gasteiger partial charge in [0.25, 0.3) is 0 Å². The molecule has 1 N–H and O–H groups in total. The fourth-order valence-corrected chi connectivity index (χ4v) is 2.38. The van der Waals surface area contributed by atoms with Gasteiger partial charge in [-0.1, -0.05) is 40.9 Å². The van der Waals surface area contributed by atoms with Crippen molar-refractivity contribution in [2.45, 2.75) is 6.54 Å². The summed E-state index contributed by atoms with van der Waals surface area (Å²) in [6.07, 6.45) is 0. The Hall–Kier alpha value is -1.47. The van der Waals surface area contributed by atoms with E-state index in [4.69, 9.17) is 40.1 Å². The molecule has 0 radical (unpaired) electrons. The van der Waals surface area contributed by atoms with Gasteiger partial charge in [0.15, 0.2) is 0 Å². The smallest absolute Gasteiger partial charge is 0.143 e. The molecule has 102 valence electrons. The van der Waals surface area contributed by atoms with Crippen LogP contribution in [0.5, 0.6) is 0 Å². The van der Waals surface area contributed by atoms with E-state index in [9.17, 15) is 4.39 Å². The second kappa shape index (κ2) is 6.32. The number of nitrogens with one attached hydrogen (secondary N) is 1. The number of hydrogen-bond acceptors (Lipinski definition) is 2. The zero-order chi connectivity index (χ0) is 14.7. The molecule has 0 aliphatic carbocycles. The molecule has 0 unspecified atom stereocenters. The molecule has 0 atom stereocenters. The van der Waals surface area contributed by atoms with Crippen LogP contribution in [0.15, 0.2) is 30.3 Å². The predicted molar refractivity (Wildman–Crippen MR) is 79.9 cm³/mol. The van der Waals surface area contributed by atoms with Gasteiger partial charge in [-0.2, -0.15) is 5.26 Å². The molecule has 0 aliphatic heterocycles. The number of anilines is 1. The highest BCUT2D eigenvalue weighted by Gasteiger charge is 2.12. The lowest BCUT2D eigenvalue weighted by Crippen LogP contribution is -2.04. The largest absolute Gasteiger partial charge is 0.380 e. The molecule has 2 aromatic rings. The SMILES string of the molecule is N#Cc1c(F)cccc1NCc1c(Cl)ccc(Cl)c1Cl. The molecular weight excluding hydrogens is 322 g/mol. The van der Waals surface area contributed by atoms with Crippen LogP contribution in [-0.2, 0) is 6.54 Å². The Morgan fingerprint density at radius 3 is 2.50 bits per heavy atom. The first kappa shape index (κ1) is 14.9. The maximum absolute atomic E-state index is 13.5. The summed E-state index contributed by atoms with van der Waals surface area (Å²) in [5, 5.41) is 13.0. The van der Waals surface area contributed by atoms with E-state index in [1.54, 1.807) is 18.2 Å². The van der Waals surface area contributed by atoms with Gasteiger partial charge in [-0.15, -0.1) is 0 Å². The molecule has 2 nitrogen and oxygen atoms in total. The van der Waals surface area contributed by atoms with Crippen molar-refractivity contribution >= 4 is 40.5 Å². The van der Waals surface area contributed by atoms with Gasteiger partial charge in [0, 0.05) is 17.1 Å². The summed E-state index contributed by atoms with van der Waals surface area (Å²) in [5.41, 5.74) is 0.912. The van der Waals surface area contributed by atoms with Crippen LogP contribution in [0.1, 0.15) is 11.1 Å². The Morgan fingerprint density at radius 1 is 1.10 bits per heavy atom. The summed E-state index contributed by atoms with van der Waals surface area (Å²) in [4.78, 5) is 0. The standard InChI is InChI=1S/C14H8Cl3FN2/c15-10-4-5-11(16)14(17)9(10)7-20-13-3-1-2-12(18)8(13)6-19/h1-5,20H,7H2. The van der Waals surface area contributed by atoms with Crippen molar-refractivity contribution in [2.24, 2.45) is 0 Å². The monoisotopic (exact) mass is 328 g/mol. The Kier molecular flexibility index (Phi) is 4.72. The highest BCUT2D eigenvalue weighted by molar-refractivity contribution is 6.44. The first-order chi connectivity index (χ1) is 9.54. The summed E-state index contributed by atoms with van der Waals surface area (Å²) in [5.74, 6) is -0.583. The zero-order valence-corrected chi connectivity index (χ0v) is 12.3. The van der Waals surface area contributed by atoms with E-state index in [1.807, 2.05) is 6.07 Å². The lowest BCUT2D eigenvalue weighted by atomic mass is 10.1. The molecule has 0 saturated carbocycles. The van der Waals surface area contributed by atoms with Crippen LogP contribution in [0.2, 0.25) is 15.1 Å². The average molecular weight is 330 g/mol. The van der Waals surface area contributed by atoms with E-state index >= 15 is 0 Å². The van der Waals surface area contributed by atoms with Crippen LogP contribution >= 0.6 is 34.8 Å². The number of hydrogen-bond donors (Lipinski definition) is 1. The first-order valence-corrected chi connectivity index (χ1v) is 6.73. The minimum Gasteiger partial charge on any atom is -0.380 e. The Labute approximate surface area is 130 Å². The molecule has 2 rings (SSSR count). The molecule has 0 aromatic heterocycles. The molecule has 0 spiro atoms. The van der Waals surface area contributed by atoms with Crippen LogP contribution in [0, 0.1) is 17.1 Å². The maximum atomic E-state index is 13.5. The topological polar surface area (TPSA) is 35.8 Å². The maximum Gasteiger partial charge on any atom is 0.143 e. The van der Waals surface area contributed by atoms with E-state index in [2.05, 4.69) is 5.32 Å². The van der Waals surface area contributed by atoms with E-state index in [-0.39, 0.29) is 12.1 Å². The van der Waals surface area contributed by atoms with Gasteiger partial charge in [0.2, 0.25) is 0 Å². The fourth-order valence-electron chi connectivity index (χ4n) is 1.70. The third kappa shape index (κ3) is 2.99. The van der Waals surface area contributed by atoms with Crippen LogP contribution in [0.4, 0.5) is 10.1 Å². The van der Waals surface area contributed by atoms with E-state index in [0.717, 1.165) is 0 Å². The normalized spacial score (nSPS) is 10.2. The molecule has 0 saturated heterocycles. The Bertz CT molecular complexity index is 696. The number of nitrogens with zero attached hydrogens (tertiary/aromatic N) is 1. The minimum absolute atomic E-state index is 0.0539. The molecule has 0 amide bonds. The quantitative estimate of drug-likeness (QED) is 0.779. The summed E-state index contributed by atoms with van der Waals surface area (Å²) in [7, 11) is 0. The predicted octanol–water partition coefficient (Wildman–Crippen LogP) is 5.27. The molecule has 0 bridgehead atoms. The second-order valence-corrected chi connectivity index (χ2v) is 5.14. The summed E-state index contributed by atoms with van der Waals surface area (Å²) < 4.78 is 13.5. The van der Waals surface area contributed by atoms with Gasteiger partial charge in [-0.05, 0) is 24.3 Å². The van der Waals surface area contributed by atoms with Crippen LogP contribution in [0.25, 0.3) is 0 Å². The highest BCUT2D eigenvalue weighted by Crippen LogP contribution is 2.32. The van der Waals surface area contributed by atoms with Crippen LogP contribution in [-0.4, -0.2) is 0 Å². The van der Waals surface area contributed by atoms with Crippen molar-refractivity contribution in [2.75, 3.05) is 5.32 Å². The van der Waals surface area contributed by atoms with Crippen molar-refractivity contribution in [1.29, 1.82) is 5.26 Å².